The van der Waals surface area contributed by atoms with Gasteiger partial charge in [0.15, 0.2) is 0 Å². The number of primary amides is 1. The Bertz CT molecular complexity index is 4040. The molecule has 1 fully saturated rings. The fourth-order valence-corrected chi connectivity index (χ4v) is 14.3. The number of nitrogens with zero attached hydrogens (tertiary/aromatic N) is 3. The lowest BCUT2D eigenvalue weighted by Crippen LogP contribution is -2.58. The maximum absolute atomic E-state index is 16.3. The van der Waals surface area contributed by atoms with Crippen LogP contribution < -0.4 is 31.9 Å². The van der Waals surface area contributed by atoms with E-state index in [9.17, 15) is 52.8 Å². The molecular weight excluding hydrogens is 1430 g/mol. The third kappa shape index (κ3) is 22.5. The van der Waals surface area contributed by atoms with Crippen molar-refractivity contribution in [1.82, 2.24) is 31.2 Å². The van der Waals surface area contributed by atoms with Crippen LogP contribution in [0, 0.1) is 23.2 Å². The topological polar surface area (TPSA) is 349 Å². The minimum atomic E-state index is -5.62. The molecule has 3 aliphatic rings. The molecule has 4 heterocycles. The number of carbonyl (C=O) groups excluding carboxylic acids is 9. The molecule has 0 unspecified atom stereocenters. The van der Waals surface area contributed by atoms with Crippen LogP contribution in [0.15, 0.2) is 103 Å². The molecule has 0 saturated carbocycles. The van der Waals surface area contributed by atoms with Crippen LogP contribution in [0.2, 0.25) is 0 Å². The number of hydrogen-bond donors (Lipinski definition) is 6. The Kier molecular flexibility index (Phi) is 28.6. The third-order valence-corrected chi connectivity index (χ3v) is 21.3. The first kappa shape index (κ1) is 84.0. The van der Waals surface area contributed by atoms with Crippen molar-refractivity contribution in [2.75, 3.05) is 51.5 Å². The Balaban J connectivity index is 0.791. The van der Waals surface area contributed by atoms with Gasteiger partial charge in [-0.2, -0.15) is 8.78 Å². The molecule has 580 valence electrons. The number of nitrogens with one attached hydrogen (secondary N) is 4. The third-order valence-electron chi connectivity index (χ3n) is 18.4. The van der Waals surface area contributed by atoms with Gasteiger partial charge in [-0.25, -0.2) is 4.98 Å². The summed E-state index contributed by atoms with van der Waals surface area (Å²) in [5.41, 5.74) is 6.52. The number of amides is 7. The van der Waals surface area contributed by atoms with Crippen molar-refractivity contribution in [2.24, 2.45) is 22.0 Å². The lowest BCUT2D eigenvalue weighted by molar-refractivity contribution is -0.163. The van der Waals surface area contributed by atoms with Gasteiger partial charge in [-0.05, 0) is 138 Å². The van der Waals surface area contributed by atoms with Gasteiger partial charge in [0.05, 0.1) is 77.3 Å². The first-order valence-corrected chi connectivity index (χ1v) is 37.9. The normalized spacial score (nSPS) is 17.8. The van der Waals surface area contributed by atoms with E-state index in [-0.39, 0.29) is 82.8 Å². The van der Waals surface area contributed by atoms with E-state index in [0.717, 1.165) is 56.1 Å². The van der Waals surface area contributed by atoms with E-state index in [1.165, 1.54) is 76.5 Å². The van der Waals surface area contributed by atoms with Crippen LogP contribution in [0.1, 0.15) is 146 Å². The fourth-order valence-electron chi connectivity index (χ4n) is 12.2. The molecule has 0 spiro atoms. The second kappa shape index (κ2) is 36.5. The molecule has 7 amide bonds. The molecule has 4 aromatic carbocycles. The van der Waals surface area contributed by atoms with Crippen LogP contribution in [-0.4, -0.2) is 157 Å². The van der Waals surface area contributed by atoms with Gasteiger partial charge in [-0.15, -0.1) is 11.3 Å². The van der Waals surface area contributed by atoms with Gasteiger partial charge in [-0.1, -0.05) is 112 Å². The molecular formula is C77H99F2N8O18PS. The average molecular weight is 1530 g/mol. The van der Waals surface area contributed by atoms with Gasteiger partial charge in [0.25, 0.3) is 0 Å². The van der Waals surface area contributed by atoms with E-state index in [4.69, 9.17) is 38.5 Å². The minimum Gasteiger partial charge on any atom is -0.438 e. The van der Waals surface area contributed by atoms with Crippen molar-refractivity contribution < 1.29 is 94.3 Å². The number of nitrogens with two attached hydrogens (primary N) is 1. The molecule has 1 saturated heterocycles. The number of benzene rings is 4. The molecule has 3 aliphatic heterocycles. The number of aliphatic hydroxyl groups excluding tert-OH is 1. The minimum absolute atomic E-state index is 0.0524. The summed E-state index contributed by atoms with van der Waals surface area (Å²) in [5.74, 6) is -5.49. The van der Waals surface area contributed by atoms with Crippen molar-refractivity contribution in [3.8, 4) is 10.4 Å². The molecule has 26 nitrogen and oxygen atoms in total. The number of ether oxygens (including phenoxy) is 5. The Labute approximate surface area is 626 Å². The largest absolute Gasteiger partial charge is 0.438 e. The van der Waals surface area contributed by atoms with Crippen molar-refractivity contribution in [3.05, 3.63) is 147 Å². The van der Waals surface area contributed by atoms with Gasteiger partial charge >= 0.3 is 25.2 Å². The number of rotatable bonds is 34. The Morgan fingerprint density at radius 2 is 1.40 bits per heavy atom. The molecule has 0 aliphatic carbocycles. The van der Waals surface area contributed by atoms with Crippen molar-refractivity contribution in [2.45, 2.75) is 189 Å². The highest BCUT2D eigenvalue weighted by molar-refractivity contribution is 7.54. The number of para-hydroxylation sites is 1. The van der Waals surface area contributed by atoms with Crippen LogP contribution in [0.4, 0.5) is 14.5 Å². The quantitative estimate of drug-likeness (QED) is 0.00735. The number of anilines is 1. The summed E-state index contributed by atoms with van der Waals surface area (Å²) in [4.78, 5) is 129. The molecule has 30 heteroatoms. The van der Waals surface area contributed by atoms with Crippen molar-refractivity contribution >= 4 is 83.5 Å². The predicted molar refractivity (Wildman–Crippen MR) is 394 cm³/mol. The van der Waals surface area contributed by atoms with Crippen molar-refractivity contribution in [1.29, 1.82) is 0 Å². The molecule has 5 aromatic rings. The number of aliphatic hydroxyl groups is 1. The Hall–Kier alpha value is -8.67. The smallest absolute Gasteiger partial charge is 0.410 e. The zero-order chi connectivity index (χ0) is 78.3. The molecule has 7 N–H and O–H groups in total. The maximum atomic E-state index is 16.3. The summed E-state index contributed by atoms with van der Waals surface area (Å²) in [6, 6.07) is 20.4. The van der Waals surface area contributed by atoms with E-state index in [2.05, 4.69) is 26.3 Å². The van der Waals surface area contributed by atoms with Gasteiger partial charge in [0, 0.05) is 44.0 Å². The summed E-state index contributed by atoms with van der Waals surface area (Å²) in [6.07, 6.45) is 0.901. The first-order chi connectivity index (χ1) is 50.3. The second-order valence-electron chi connectivity index (χ2n) is 30.1. The molecule has 1 aromatic heterocycles. The zero-order valence-electron chi connectivity index (χ0n) is 62.6. The summed E-state index contributed by atoms with van der Waals surface area (Å²) in [5, 5.41) is 22.2. The fraction of sp³-hybridized carbons (Fsp3) is 0.506. The standard InChI is InChI=1S/C77H99F2N8O18PS/c1-46(52-24-27-56(28-25-52)77(78,79)106(98,104-44-102-72(96)75(7,8)9)105-45-103-73(97)76(10,11)12)36-63(90)83-59-29-26-53-14-13-15-55-37-61(87(65(53)55)70(59)94)69(93)84-58(30-31-62(80)89)48(3)101-41-51-18-16-49(17-19-51)32-33-99-34-35-100-42-64(91)85-67(74(4,5)6)71(95)86-40-57(88)38-60(86)68(92)81-39-50-20-22-54(23-21-50)66-47(2)82-43-107-66/h13-25,27-28,36,43,48,57-61,67,88H,26,29-35,37-42,44-45H2,1-12H3,(H2,80,89)(H,81,92)(H,83,90)(H,84,93)(H,85,91)/b46-36+/t48-,57-,58+,59+,60+,61+,67-/m1/s1. The monoisotopic (exact) mass is 1520 g/mol. The molecule has 8 rings (SSSR count). The van der Waals surface area contributed by atoms with E-state index in [1.54, 1.807) is 44.5 Å². The molecule has 0 radical (unpaired) electrons. The van der Waals surface area contributed by atoms with Crippen molar-refractivity contribution in [3.63, 3.8) is 0 Å². The van der Waals surface area contributed by atoms with Gasteiger partial charge in [-0.3, -0.25) is 61.7 Å². The first-order valence-electron chi connectivity index (χ1n) is 35.5. The van der Waals surface area contributed by atoms with Gasteiger partial charge < -0.3 is 60.7 Å². The summed E-state index contributed by atoms with van der Waals surface area (Å²) >= 11 is 1.55. The van der Waals surface area contributed by atoms with Crippen LogP contribution in [-0.2, 0) is 119 Å². The number of alkyl halides is 2. The lowest BCUT2D eigenvalue weighted by atomic mass is 9.85. The number of carbonyl (C=O) groups is 9. The van der Waals surface area contributed by atoms with Gasteiger partial charge in [0.2, 0.25) is 54.9 Å². The number of aryl methyl sites for hydroxylation is 2. The number of hydrogen-bond acceptors (Lipinski definition) is 20. The van der Waals surface area contributed by atoms with Crippen LogP contribution in [0.25, 0.3) is 16.0 Å². The van der Waals surface area contributed by atoms with Crippen LogP contribution in [0.5, 0.6) is 0 Å². The number of thiazole rings is 1. The highest BCUT2D eigenvalue weighted by Gasteiger charge is 2.56. The summed E-state index contributed by atoms with van der Waals surface area (Å²) in [7, 11) is -5.62. The van der Waals surface area contributed by atoms with Gasteiger partial charge in [0.1, 0.15) is 30.8 Å². The number of esters is 2. The van der Waals surface area contributed by atoms with E-state index >= 15 is 8.78 Å². The second-order valence-corrected chi connectivity index (χ2v) is 33.0. The SMILES string of the molecule is C/C(=C\C(=O)N[C@H]1CCc2cccc3c2N(C1=O)[C@H](C(=O)N[C@@H](CCC(N)=O)[C@@H](C)OCc1ccc(CCOCCOCC(=O)N[C@H](C(=O)N2C[C@H](O)C[C@H]2C(=O)NCc2ccc(-c4scnc4C)cc2)C(C)(C)C)cc1)C3)c1ccc(C(F)(F)P(=O)(OCOC(=O)C(C)(C)C)OCOC(=O)C(C)(C)C)cc1. The summed E-state index contributed by atoms with van der Waals surface area (Å²) in [6.45, 7) is 17.9. The number of likely N-dealkylation sites (tertiary alicyclic amines) is 1. The van der Waals surface area contributed by atoms with E-state index in [1.807, 2.05) is 73.7 Å². The number of aromatic nitrogens is 1. The Morgan fingerprint density at radius 1 is 0.785 bits per heavy atom. The number of allylic oxidation sites excluding steroid dienone is 1. The maximum Gasteiger partial charge on any atom is 0.410 e. The molecule has 7 atom stereocenters. The highest BCUT2D eigenvalue weighted by Crippen LogP contribution is 2.67. The number of halogens is 2. The highest BCUT2D eigenvalue weighted by atomic mass is 32.1. The number of β-amino-alcohol motifs (C(OH)–C–C–N with tert-alkyl or cyclic N) is 1. The molecule has 107 heavy (non-hydrogen) atoms. The molecule has 0 bridgehead atoms. The zero-order valence-corrected chi connectivity index (χ0v) is 64.3. The van der Waals surface area contributed by atoms with E-state index in [0.29, 0.717) is 25.1 Å². The van der Waals surface area contributed by atoms with Crippen LogP contribution >= 0.6 is 18.9 Å². The average Bonchev–Trinajstić information content (AvgIpc) is 1.66. The summed E-state index contributed by atoms with van der Waals surface area (Å²) < 4.78 is 84.1. The predicted octanol–water partition coefficient (Wildman–Crippen LogP) is 9.02. The lowest BCUT2D eigenvalue weighted by Gasteiger charge is -2.35. The van der Waals surface area contributed by atoms with Crippen LogP contribution in [0.3, 0.4) is 0 Å². The van der Waals surface area contributed by atoms with E-state index < -0.39 is 144 Å². The Morgan fingerprint density at radius 3 is 2.01 bits per heavy atom.